The molecule has 0 saturated carbocycles. The molecule has 1 N–H and O–H groups in total. The molecule has 1 unspecified atom stereocenters. The third-order valence-electron chi connectivity index (χ3n) is 5.28. The predicted molar refractivity (Wildman–Crippen MR) is 117 cm³/mol. The van der Waals surface area contributed by atoms with Crippen molar-refractivity contribution >= 4 is 0 Å². The molecule has 3 aromatic carbocycles. The van der Waals surface area contributed by atoms with E-state index in [1.54, 1.807) is 0 Å². The van der Waals surface area contributed by atoms with E-state index in [0.29, 0.717) is 19.8 Å². The SMILES string of the molecule is O[C@H]1OCC(OCc2ccccc2)[C@H](OCc2ccccc2)[C@H]1OCc1ccccc1. The van der Waals surface area contributed by atoms with Gasteiger partial charge in [0.15, 0.2) is 6.29 Å². The molecule has 5 nitrogen and oxygen atoms in total. The van der Waals surface area contributed by atoms with Gasteiger partial charge < -0.3 is 24.1 Å². The minimum absolute atomic E-state index is 0.235. The lowest BCUT2D eigenvalue weighted by molar-refractivity contribution is -0.286. The summed E-state index contributed by atoms with van der Waals surface area (Å²) in [4.78, 5) is 0. The van der Waals surface area contributed by atoms with Crippen LogP contribution in [0.5, 0.6) is 0 Å². The molecule has 31 heavy (non-hydrogen) atoms. The van der Waals surface area contributed by atoms with Crippen molar-refractivity contribution < 1.29 is 24.1 Å². The summed E-state index contributed by atoms with van der Waals surface area (Å²) in [6, 6.07) is 29.8. The summed E-state index contributed by atoms with van der Waals surface area (Å²) >= 11 is 0. The fourth-order valence-electron chi connectivity index (χ4n) is 3.59. The van der Waals surface area contributed by atoms with Gasteiger partial charge in [-0.15, -0.1) is 0 Å². The van der Waals surface area contributed by atoms with Crippen LogP contribution in [0.15, 0.2) is 91.0 Å². The summed E-state index contributed by atoms with van der Waals surface area (Å²) in [7, 11) is 0. The first-order valence-electron chi connectivity index (χ1n) is 10.6. The molecule has 4 rings (SSSR count). The minimum atomic E-state index is -1.08. The second-order valence-corrected chi connectivity index (χ2v) is 7.58. The van der Waals surface area contributed by atoms with E-state index in [1.807, 2.05) is 91.0 Å². The smallest absolute Gasteiger partial charge is 0.183 e. The van der Waals surface area contributed by atoms with Gasteiger partial charge in [-0.05, 0) is 16.7 Å². The van der Waals surface area contributed by atoms with Gasteiger partial charge in [0.2, 0.25) is 0 Å². The van der Waals surface area contributed by atoms with Crippen LogP contribution < -0.4 is 0 Å². The quantitative estimate of drug-likeness (QED) is 0.565. The molecular weight excluding hydrogens is 392 g/mol. The molecule has 1 aliphatic heterocycles. The Morgan fingerprint density at radius 3 is 1.52 bits per heavy atom. The highest BCUT2D eigenvalue weighted by Crippen LogP contribution is 2.25. The molecule has 1 saturated heterocycles. The maximum atomic E-state index is 10.5. The standard InChI is InChI=1S/C26H28O5/c27-26-25(30-18-22-14-8-3-9-15-22)24(29-17-21-12-6-2-7-13-21)23(19-31-26)28-16-20-10-4-1-5-11-20/h1-15,23-27H,16-19H2/t23?,24-,25+,26-/m0/s1. The van der Waals surface area contributed by atoms with E-state index in [-0.39, 0.29) is 12.7 Å². The largest absolute Gasteiger partial charge is 0.368 e. The molecule has 3 aromatic rings. The lowest BCUT2D eigenvalue weighted by Crippen LogP contribution is -2.56. The summed E-state index contributed by atoms with van der Waals surface area (Å²) in [5.74, 6) is 0. The zero-order valence-corrected chi connectivity index (χ0v) is 17.4. The van der Waals surface area contributed by atoms with Gasteiger partial charge in [0.25, 0.3) is 0 Å². The van der Waals surface area contributed by atoms with Crippen molar-refractivity contribution in [3.8, 4) is 0 Å². The Morgan fingerprint density at radius 1 is 0.613 bits per heavy atom. The number of benzene rings is 3. The summed E-state index contributed by atoms with van der Waals surface area (Å²) in [6.45, 7) is 1.41. The molecule has 0 aliphatic carbocycles. The van der Waals surface area contributed by atoms with Crippen LogP contribution in [0.2, 0.25) is 0 Å². The zero-order chi connectivity index (χ0) is 21.3. The molecule has 0 aromatic heterocycles. The minimum Gasteiger partial charge on any atom is -0.368 e. The topological polar surface area (TPSA) is 57.2 Å². The van der Waals surface area contributed by atoms with Gasteiger partial charge in [-0.1, -0.05) is 91.0 Å². The molecule has 1 fully saturated rings. The Morgan fingerprint density at radius 2 is 1.03 bits per heavy atom. The molecule has 162 valence electrons. The lowest BCUT2D eigenvalue weighted by atomic mass is 10.0. The van der Waals surface area contributed by atoms with Crippen molar-refractivity contribution in [3.05, 3.63) is 108 Å². The third kappa shape index (κ3) is 6.23. The monoisotopic (exact) mass is 420 g/mol. The highest BCUT2D eigenvalue weighted by atomic mass is 16.7. The van der Waals surface area contributed by atoms with Gasteiger partial charge >= 0.3 is 0 Å². The molecule has 4 atom stereocenters. The Hall–Kier alpha value is -2.54. The number of rotatable bonds is 9. The van der Waals surface area contributed by atoms with Crippen LogP contribution in [-0.4, -0.2) is 36.3 Å². The number of ether oxygens (including phenoxy) is 4. The lowest BCUT2D eigenvalue weighted by Gasteiger charge is -2.40. The second-order valence-electron chi connectivity index (χ2n) is 7.58. The maximum absolute atomic E-state index is 10.5. The van der Waals surface area contributed by atoms with Crippen LogP contribution in [0.4, 0.5) is 0 Å². The number of hydrogen-bond donors (Lipinski definition) is 1. The van der Waals surface area contributed by atoms with Crippen molar-refractivity contribution in [2.75, 3.05) is 6.61 Å². The van der Waals surface area contributed by atoms with E-state index in [2.05, 4.69) is 0 Å². The summed E-state index contributed by atoms with van der Waals surface area (Å²) < 4.78 is 24.1. The predicted octanol–water partition coefficient (Wildman–Crippen LogP) is 4.09. The summed E-state index contributed by atoms with van der Waals surface area (Å²) in [6.07, 6.45) is -2.59. The summed E-state index contributed by atoms with van der Waals surface area (Å²) in [5.41, 5.74) is 3.13. The Kier molecular flexibility index (Phi) is 7.82. The molecule has 5 heteroatoms. The Bertz CT molecular complexity index is 887. The maximum Gasteiger partial charge on any atom is 0.183 e. The first kappa shape index (κ1) is 21.7. The van der Waals surface area contributed by atoms with Crippen molar-refractivity contribution in [3.63, 3.8) is 0 Å². The molecule has 0 spiro atoms. The first-order valence-corrected chi connectivity index (χ1v) is 10.6. The van der Waals surface area contributed by atoms with Gasteiger partial charge in [-0.3, -0.25) is 0 Å². The van der Waals surface area contributed by atoms with Crippen molar-refractivity contribution in [2.24, 2.45) is 0 Å². The zero-order valence-electron chi connectivity index (χ0n) is 17.4. The highest BCUT2D eigenvalue weighted by molar-refractivity contribution is 5.15. The van der Waals surface area contributed by atoms with E-state index in [4.69, 9.17) is 18.9 Å². The van der Waals surface area contributed by atoms with Gasteiger partial charge in [0.1, 0.15) is 18.3 Å². The van der Waals surface area contributed by atoms with E-state index in [9.17, 15) is 5.11 Å². The average molecular weight is 421 g/mol. The molecule has 0 bridgehead atoms. The number of hydrogen-bond acceptors (Lipinski definition) is 5. The Balaban J connectivity index is 1.46. The highest BCUT2D eigenvalue weighted by Gasteiger charge is 2.42. The van der Waals surface area contributed by atoms with Gasteiger partial charge in [-0.25, -0.2) is 0 Å². The van der Waals surface area contributed by atoms with Gasteiger partial charge in [0, 0.05) is 0 Å². The van der Waals surface area contributed by atoms with Crippen LogP contribution in [0.25, 0.3) is 0 Å². The fraction of sp³-hybridized carbons (Fsp3) is 0.308. The average Bonchev–Trinajstić information content (AvgIpc) is 2.83. The van der Waals surface area contributed by atoms with E-state index < -0.39 is 18.5 Å². The molecule has 1 aliphatic rings. The van der Waals surface area contributed by atoms with Crippen molar-refractivity contribution in [1.82, 2.24) is 0 Å². The second kappa shape index (κ2) is 11.2. The van der Waals surface area contributed by atoms with E-state index >= 15 is 0 Å². The first-order chi connectivity index (χ1) is 15.3. The number of aliphatic hydroxyl groups excluding tert-OH is 1. The van der Waals surface area contributed by atoms with E-state index in [1.165, 1.54) is 0 Å². The molecule has 1 heterocycles. The normalized spacial score (nSPS) is 23.5. The van der Waals surface area contributed by atoms with Crippen LogP contribution >= 0.6 is 0 Å². The summed E-state index contributed by atoms with van der Waals surface area (Å²) in [5, 5.41) is 10.5. The number of aliphatic hydroxyl groups is 1. The van der Waals surface area contributed by atoms with Crippen molar-refractivity contribution in [2.45, 2.75) is 44.4 Å². The molecule has 0 amide bonds. The fourth-order valence-corrected chi connectivity index (χ4v) is 3.59. The van der Waals surface area contributed by atoms with Crippen LogP contribution in [0.3, 0.4) is 0 Å². The van der Waals surface area contributed by atoms with Gasteiger partial charge in [0.05, 0.1) is 26.4 Å². The van der Waals surface area contributed by atoms with E-state index in [0.717, 1.165) is 16.7 Å². The van der Waals surface area contributed by atoms with Crippen molar-refractivity contribution in [1.29, 1.82) is 0 Å². The molecular formula is C26H28O5. The van der Waals surface area contributed by atoms with Crippen LogP contribution in [0.1, 0.15) is 16.7 Å². The Labute approximate surface area is 183 Å². The van der Waals surface area contributed by atoms with Crippen LogP contribution in [-0.2, 0) is 38.8 Å². The van der Waals surface area contributed by atoms with Gasteiger partial charge in [-0.2, -0.15) is 0 Å². The van der Waals surface area contributed by atoms with Crippen LogP contribution in [0, 0.1) is 0 Å². The third-order valence-corrected chi connectivity index (χ3v) is 5.28. The molecule has 0 radical (unpaired) electrons.